The number of carbonyl (C=O) groups is 1. The molecule has 1 unspecified atom stereocenters. The van der Waals surface area contributed by atoms with E-state index in [-0.39, 0.29) is 5.78 Å². The molecule has 0 N–H and O–H groups in total. The van der Waals surface area contributed by atoms with Gasteiger partial charge >= 0.3 is 0 Å². The number of hydrogen-bond donors (Lipinski definition) is 0. The number of carbonyl (C=O) groups excluding carboxylic acids is 1. The van der Waals surface area contributed by atoms with Gasteiger partial charge < -0.3 is 4.84 Å². The van der Waals surface area contributed by atoms with Crippen LogP contribution in [0.5, 0.6) is 0 Å². The van der Waals surface area contributed by atoms with E-state index in [4.69, 9.17) is 4.84 Å². The zero-order valence-electron chi connectivity index (χ0n) is 12.0. The van der Waals surface area contributed by atoms with E-state index in [1.54, 1.807) is 12.1 Å². The average Bonchev–Trinajstić information content (AvgIpc) is 2.90. The number of nitrogens with zero attached hydrogens (tertiary/aromatic N) is 1. The monoisotopic (exact) mass is 279 g/mol. The van der Waals surface area contributed by atoms with Crippen molar-refractivity contribution in [2.75, 3.05) is 0 Å². The third kappa shape index (κ3) is 3.02. The molecule has 106 valence electrons. The van der Waals surface area contributed by atoms with E-state index in [1.807, 2.05) is 43.3 Å². The molecule has 0 saturated carbocycles. The molecule has 3 rings (SSSR count). The van der Waals surface area contributed by atoms with Gasteiger partial charge in [-0.3, -0.25) is 4.79 Å². The van der Waals surface area contributed by atoms with E-state index in [0.717, 1.165) is 6.42 Å². The van der Waals surface area contributed by atoms with E-state index in [0.29, 0.717) is 17.7 Å². The van der Waals surface area contributed by atoms with Crippen LogP contribution < -0.4 is 0 Å². The van der Waals surface area contributed by atoms with Crippen molar-refractivity contribution >= 4 is 11.5 Å². The molecule has 0 amide bonds. The first-order chi connectivity index (χ1) is 10.2. The van der Waals surface area contributed by atoms with Gasteiger partial charge in [0.25, 0.3) is 0 Å². The van der Waals surface area contributed by atoms with Crippen molar-refractivity contribution in [3.63, 3.8) is 0 Å². The third-order valence-electron chi connectivity index (χ3n) is 3.64. The van der Waals surface area contributed by atoms with Crippen LogP contribution in [0.25, 0.3) is 0 Å². The maximum atomic E-state index is 12.4. The molecule has 0 aliphatic carbocycles. The molecule has 1 heterocycles. The molecule has 0 spiro atoms. The topological polar surface area (TPSA) is 38.7 Å². The molecule has 2 aromatic carbocycles. The van der Waals surface area contributed by atoms with Crippen molar-refractivity contribution in [2.45, 2.75) is 25.4 Å². The number of rotatable bonds is 4. The first-order valence-electron chi connectivity index (χ1n) is 7.05. The molecular weight excluding hydrogens is 262 g/mol. The first-order valence-corrected chi connectivity index (χ1v) is 7.05. The zero-order chi connectivity index (χ0) is 14.7. The van der Waals surface area contributed by atoms with Gasteiger partial charge in [-0.05, 0) is 12.5 Å². The standard InChI is InChI=1S/C18H17NO2/c1-18(12-14-8-4-2-5-9-14)13-16(19-21-18)17(20)15-10-6-3-7-11-15/h2-11H,12-13H2,1H3. The van der Waals surface area contributed by atoms with Crippen molar-refractivity contribution in [3.8, 4) is 0 Å². The molecule has 3 nitrogen and oxygen atoms in total. The van der Waals surface area contributed by atoms with Crippen LogP contribution in [0, 0.1) is 0 Å². The van der Waals surface area contributed by atoms with E-state index in [1.165, 1.54) is 5.56 Å². The Bertz CT molecular complexity index is 664. The summed E-state index contributed by atoms with van der Waals surface area (Å²) in [7, 11) is 0. The summed E-state index contributed by atoms with van der Waals surface area (Å²) in [4.78, 5) is 17.9. The highest BCUT2D eigenvalue weighted by atomic mass is 16.7. The Morgan fingerprint density at radius 3 is 2.38 bits per heavy atom. The van der Waals surface area contributed by atoms with Crippen LogP contribution >= 0.6 is 0 Å². The maximum Gasteiger partial charge on any atom is 0.210 e. The minimum atomic E-state index is -0.443. The summed E-state index contributed by atoms with van der Waals surface area (Å²) in [5, 5.41) is 4.03. The van der Waals surface area contributed by atoms with Gasteiger partial charge in [-0.2, -0.15) is 0 Å². The molecule has 0 fully saturated rings. The van der Waals surface area contributed by atoms with E-state index < -0.39 is 5.60 Å². The first kappa shape index (κ1) is 13.6. The van der Waals surface area contributed by atoms with Gasteiger partial charge in [-0.15, -0.1) is 0 Å². The summed E-state index contributed by atoms with van der Waals surface area (Å²) in [6.45, 7) is 1.99. The normalized spacial score (nSPS) is 20.7. The lowest BCUT2D eigenvalue weighted by atomic mass is 9.89. The number of ketones is 1. The van der Waals surface area contributed by atoms with Gasteiger partial charge in [0.1, 0.15) is 11.3 Å². The smallest absolute Gasteiger partial charge is 0.210 e. The molecule has 0 radical (unpaired) electrons. The highest BCUT2D eigenvalue weighted by Gasteiger charge is 2.37. The van der Waals surface area contributed by atoms with Gasteiger partial charge in [0.2, 0.25) is 5.78 Å². The second kappa shape index (κ2) is 5.52. The summed E-state index contributed by atoms with van der Waals surface area (Å²) < 4.78 is 0. The van der Waals surface area contributed by atoms with Crippen LogP contribution in [0.1, 0.15) is 29.3 Å². The van der Waals surface area contributed by atoms with Crippen LogP contribution in [0.4, 0.5) is 0 Å². The van der Waals surface area contributed by atoms with Crippen LogP contribution in [0.15, 0.2) is 65.8 Å². The number of oxime groups is 1. The molecule has 0 saturated heterocycles. The van der Waals surface area contributed by atoms with Crippen molar-refractivity contribution in [2.24, 2.45) is 5.16 Å². The van der Waals surface area contributed by atoms with Crippen molar-refractivity contribution in [1.82, 2.24) is 0 Å². The minimum absolute atomic E-state index is 0.0487. The fourth-order valence-corrected chi connectivity index (χ4v) is 2.58. The SMILES string of the molecule is CC1(Cc2ccccc2)CC(C(=O)c2ccccc2)=NO1. The Hall–Kier alpha value is -2.42. The Balaban J connectivity index is 1.71. The van der Waals surface area contributed by atoms with Gasteiger partial charge in [0.15, 0.2) is 0 Å². The molecule has 0 bridgehead atoms. The summed E-state index contributed by atoms with van der Waals surface area (Å²) in [5.74, 6) is -0.0487. The zero-order valence-corrected chi connectivity index (χ0v) is 12.0. The molecule has 2 aromatic rings. The van der Waals surface area contributed by atoms with Gasteiger partial charge in [-0.1, -0.05) is 65.8 Å². The van der Waals surface area contributed by atoms with Crippen LogP contribution in [0.3, 0.4) is 0 Å². The Morgan fingerprint density at radius 2 is 1.71 bits per heavy atom. The van der Waals surface area contributed by atoms with E-state index in [9.17, 15) is 4.79 Å². The molecular formula is C18H17NO2. The Morgan fingerprint density at radius 1 is 1.10 bits per heavy atom. The second-order valence-electron chi connectivity index (χ2n) is 5.61. The Kier molecular flexibility index (Phi) is 3.57. The molecule has 1 aliphatic heterocycles. The minimum Gasteiger partial charge on any atom is -0.388 e. The largest absolute Gasteiger partial charge is 0.388 e. The average molecular weight is 279 g/mol. The van der Waals surface area contributed by atoms with Gasteiger partial charge in [-0.25, -0.2) is 0 Å². The maximum absolute atomic E-state index is 12.4. The van der Waals surface area contributed by atoms with Crippen molar-refractivity contribution in [3.05, 3.63) is 71.8 Å². The highest BCUT2D eigenvalue weighted by molar-refractivity contribution is 6.46. The molecule has 1 aliphatic rings. The van der Waals surface area contributed by atoms with Gasteiger partial charge in [0.05, 0.1) is 0 Å². The molecule has 0 aromatic heterocycles. The van der Waals surface area contributed by atoms with Gasteiger partial charge in [0, 0.05) is 18.4 Å². The molecule has 1 atom stereocenters. The van der Waals surface area contributed by atoms with E-state index in [2.05, 4.69) is 17.3 Å². The summed E-state index contributed by atoms with van der Waals surface area (Å²) in [5.41, 5.74) is 1.90. The Labute approximate surface area is 124 Å². The predicted octanol–water partition coefficient (Wildman–Crippen LogP) is 3.65. The molecule has 3 heteroatoms. The van der Waals surface area contributed by atoms with Crippen molar-refractivity contribution < 1.29 is 9.63 Å². The van der Waals surface area contributed by atoms with Crippen molar-refractivity contribution in [1.29, 1.82) is 0 Å². The highest BCUT2D eigenvalue weighted by Crippen LogP contribution is 2.28. The van der Waals surface area contributed by atoms with Crippen LogP contribution in [-0.4, -0.2) is 17.1 Å². The predicted molar refractivity (Wildman–Crippen MR) is 82.5 cm³/mol. The quantitative estimate of drug-likeness (QED) is 0.801. The summed E-state index contributed by atoms with van der Waals surface area (Å²) >= 11 is 0. The lowest BCUT2D eigenvalue weighted by Crippen LogP contribution is -2.29. The third-order valence-corrected chi connectivity index (χ3v) is 3.64. The summed E-state index contributed by atoms with van der Waals surface area (Å²) in [6.07, 6.45) is 1.28. The number of Topliss-reactive ketones (excluding diaryl/α,β-unsaturated/α-hetero) is 1. The van der Waals surface area contributed by atoms with Crippen LogP contribution in [0.2, 0.25) is 0 Å². The lowest BCUT2D eigenvalue weighted by molar-refractivity contribution is -0.00282. The number of benzene rings is 2. The fraction of sp³-hybridized carbons (Fsp3) is 0.222. The fourth-order valence-electron chi connectivity index (χ4n) is 2.58. The van der Waals surface area contributed by atoms with E-state index >= 15 is 0 Å². The molecule has 21 heavy (non-hydrogen) atoms. The van der Waals surface area contributed by atoms with Crippen LogP contribution in [-0.2, 0) is 11.3 Å². The number of hydrogen-bond acceptors (Lipinski definition) is 3. The second-order valence-corrected chi connectivity index (χ2v) is 5.61. The lowest BCUT2D eigenvalue weighted by Gasteiger charge is -2.21. The summed E-state index contributed by atoms with van der Waals surface area (Å²) in [6, 6.07) is 19.3.